The van der Waals surface area contributed by atoms with Crippen LogP contribution in [0.4, 0.5) is 5.82 Å². The molecule has 1 saturated heterocycles. The van der Waals surface area contributed by atoms with Crippen LogP contribution in [-0.2, 0) is 11.3 Å². The van der Waals surface area contributed by atoms with Crippen molar-refractivity contribution in [1.29, 1.82) is 0 Å². The van der Waals surface area contributed by atoms with Crippen molar-refractivity contribution in [3.8, 4) is 0 Å². The quantitative estimate of drug-likeness (QED) is 0.453. The monoisotopic (exact) mass is 483 g/mol. The van der Waals surface area contributed by atoms with Crippen LogP contribution in [0.15, 0.2) is 54.6 Å². The number of carbonyl (C=O) groups excluding carboxylic acids is 2. The normalized spacial score (nSPS) is 19.0. The molecule has 1 unspecified atom stereocenters. The fourth-order valence-corrected chi connectivity index (χ4v) is 5.08. The first-order chi connectivity index (χ1) is 17.5. The standard InChI is InChI=1S/C27H29N7O2/c1-17(2)20-14-28-25-19-8-4-6-10-22(19)30-24(31-25)15-33-12-11-32(16-34(33)26(20)35)27(36)23-13-18-7-3-5-9-21(18)29-23/h3-10,13,17,20,29H,11-12,14-16H2,1-2H3,(H,28,30,31). The molecule has 2 bridgehead atoms. The molecule has 2 aliphatic rings. The van der Waals surface area contributed by atoms with Gasteiger partial charge in [-0.1, -0.05) is 44.2 Å². The zero-order valence-corrected chi connectivity index (χ0v) is 20.4. The number of hydrogen-bond donors (Lipinski definition) is 2. The number of rotatable bonds is 2. The van der Waals surface area contributed by atoms with Crippen molar-refractivity contribution < 1.29 is 9.59 Å². The van der Waals surface area contributed by atoms with E-state index in [2.05, 4.69) is 24.1 Å². The predicted molar refractivity (Wildman–Crippen MR) is 138 cm³/mol. The van der Waals surface area contributed by atoms with Crippen LogP contribution in [0.25, 0.3) is 21.8 Å². The fourth-order valence-electron chi connectivity index (χ4n) is 5.08. The summed E-state index contributed by atoms with van der Waals surface area (Å²) in [5.74, 6) is 1.13. The second kappa shape index (κ2) is 8.91. The van der Waals surface area contributed by atoms with E-state index >= 15 is 0 Å². The summed E-state index contributed by atoms with van der Waals surface area (Å²) >= 11 is 0. The Morgan fingerprint density at radius 1 is 1.06 bits per heavy atom. The second-order valence-corrected chi connectivity index (χ2v) is 9.84. The number of fused-ring (bicyclic) bond motifs is 6. The third-order valence-corrected chi connectivity index (χ3v) is 7.16. The molecule has 1 fully saturated rings. The number of aromatic amines is 1. The van der Waals surface area contributed by atoms with E-state index in [-0.39, 0.29) is 30.3 Å². The largest absolute Gasteiger partial charge is 0.369 e. The molecule has 2 N–H and O–H groups in total. The van der Waals surface area contributed by atoms with Crippen molar-refractivity contribution >= 4 is 39.4 Å². The number of nitrogens with zero attached hydrogens (tertiary/aromatic N) is 5. The van der Waals surface area contributed by atoms with Crippen molar-refractivity contribution in [3.05, 3.63) is 66.1 Å². The summed E-state index contributed by atoms with van der Waals surface area (Å²) < 4.78 is 0. The summed E-state index contributed by atoms with van der Waals surface area (Å²) in [7, 11) is 0. The maximum Gasteiger partial charge on any atom is 0.271 e. The van der Waals surface area contributed by atoms with Crippen molar-refractivity contribution in [2.45, 2.75) is 20.4 Å². The Balaban J connectivity index is 1.33. The van der Waals surface area contributed by atoms with Crippen LogP contribution in [-0.4, -0.2) is 68.0 Å². The summed E-state index contributed by atoms with van der Waals surface area (Å²) in [6, 6.07) is 17.6. The van der Waals surface area contributed by atoms with Crippen LogP contribution in [0.1, 0.15) is 30.2 Å². The lowest BCUT2D eigenvalue weighted by Gasteiger charge is -2.45. The Morgan fingerprint density at radius 3 is 2.69 bits per heavy atom. The Labute approximate surface area is 209 Å². The topological polar surface area (TPSA) is 97.5 Å². The van der Waals surface area contributed by atoms with E-state index in [1.54, 1.807) is 9.91 Å². The number of para-hydroxylation sites is 2. The predicted octanol–water partition coefficient (Wildman–Crippen LogP) is 3.47. The van der Waals surface area contributed by atoms with E-state index in [1.807, 2.05) is 59.6 Å². The third-order valence-electron chi connectivity index (χ3n) is 7.16. The summed E-state index contributed by atoms with van der Waals surface area (Å²) in [6.45, 7) is 6.17. The molecule has 2 amide bonds. The lowest BCUT2D eigenvalue weighted by atomic mass is 9.94. The molecule has 2 aromatic heterocycles. The molecule has 6 rings (SSSR count). The van der Waals surface area contributed by atoms with Crippen LogP contribution in [0.3, 0.4) is 0 Å². The number of amides is 2. The number of anilines is 1. The highest BCUT2D eigenvalue weighted by Gasteiger charge is 2.37. The van der Waals surface area contributed by atoms with Crippen molar-refractivity contribution in [3.63, 3.8) is 0 Å². The van der Waals surface area contributed by atoms with Crippen LogP contribution in [0, 0.1) is 11.8 Å². The molecule has 0 saturated carbocycles. The smallest absolute Gasteiger partial charge is 0.271 e. The van der Waals surface area contributed by atoms with E-state index in [0.717, 1.165) is 27.6 Å². The molecule has 9 heteroatoms. The van der Waals surface area contributed by atoms with Crippen LogP contribution in [0.5, 0.6) is 0 Å². The number of carbonyl (C=O) groups is 2. The minimum Gasteiger partial charge on any atom is -0.369 e. The van der Waals surface area contributed by atoms with Gasteiger partial charge in [0.25, 0.3) is 5.91 Å². The number of nitrogens with one attached hydrogen (secondary N) is 2. The number of benzene rings is 2. The van der Waals surface area contributed by atoms with Gasteiger partial charge in [-0.3, -0.25) is 14.6 Å². The molecule has 9 nitrogen and oxygen atoms in total. The molecule has 2 aliphatic heterocycles. The first-order valence-corrected chi connectivity index (χ1v) is 12.4. The van der Waals surface area contributed by atoms with Crippen LogP contribution in [0.2, 0.25) is 0 Å². The number of hydrogen-bond acceptors (Lipinski definition) is 6. The number of aromatic nitrogens is 3. The lowest BCUT2D eigenvalue weighted by molar-refractivity contribution is -0.168. The summed E-state index contributed by atoms with van der Waals surface area (Å²) in [6.07, 6.45) is 0. The number of H-pyrrole nitrogens is 1. The second-order valence-electron chi connectivity index (χ2n) is 9.84. The first kappa shape index (κ1) is 22.5. The van der Waals surface area contributed by atoms with E-state index in [9.17, 15) is 9.59 Å². The molecule has 4 heterocycles. The maximum absolute atomic E-state index is 13.9. The van der Waals surface area contributed by atoms with Crippen molar-refractivity contribution in [1.82, 2.24) is 29.9 Å². The minimum atomic E-state index is -0.272. The third kappa shape index (κ3) is 3.95. The van der Waals surface area contributed by atoms with Gasteiger partial charge in [0.2, 0.25) is 5.91 Å². The van der Waals surface area contributed by atoms with Crippen LogP contribution < -0.4 is 5.32 Å². The summed E-state index contributed by atoms with van der Waals surface area (Å²) in [4.78, 5) is 41.8. The Morgan fingerprint density at radius 2 is 1.86 bits per heavy atom. The summed E-state index contributed by atoms with van der Waals surface area (Å²) in [5, 5.41) is 9.08. The highest BCUT2D eigenvalue weighted by molar-refractivity contribution is 5.98. The molecule has 0 aliphatic carbocycles. The highest BCUT2D eigenvalue weighted by Crippen LogP contribution is 2.27. The highest BCUT2D eigenvalue weighted by atomic mass is 16.2. The Hall–Kier alpha value is -3.98. The van der Waals surface area contributed by atoms with Gasteiger partial charge in [-0.05, 0) is 30.2 Å². The fraction of sp³-hybridized carbons (Fsp3) is 0.333. The minimum absolute atomic E-state index is 0.00102. The van der Waals surface area contributed by atoms with E-state index < -0.39 is 0 Å². The van der Waals surface area contributed by atoms with Gasteiger partial charge in [-0.25, -0.2) is 15.0 Å². The van der Waals surface area contributed by atoms with Crippen molar-refractivity contribution in [2.24, 2.45) is 11.8 Å². The average Bonchev–Trinajstić information content (AvgIpc) is 3.32. The van der Waals surface area contributed by atoms with Gasteiger partial charge in [0.1, 0.15) is 24.0 Å². The average molecular weight is 484 g/mol. The van der Waals surface area contributed by atoms with Crippen molar-refractivity contribution in [2.75, 3.05) is 31.6 Å². The molecular weight excluding hydrogens is 454 g/mol. The van der Waals surface area contributed by atoms with E-state index in [4.69, 9.17) is 9.97 Å². The van der Waals surface area contributed by atoms with E-state index in [0.29, 0.717) is 37.7 Å². The molecule has 36 heavy (non-hydrogen) atoms. The molecule has 184 valence electrons. The van der Waals surface area contributed by atoms with Gasteiger partial charge in [0, 0.05) is 35.9 Å². The van der Waals surface area contributed by atoms with Gasteiger partial charge in [-0.15, -0.1) is 0 Å². The Bertz CT molecular complexity index is 1430. The first-order valence-electron chi connectivity index (χ1n) is 12.4. The van der Waals surface area contributed by atoms with Gasteiger partial charge in [0.15, 0.2) is 0 Å². The molecular formula is C27H29N7O2. The van der Waals surface area contributed by atoms with Gasteiger partial charge >= 0.3 is 0 Å². The van der Waals surface area contributed by atoms with Gasteiger partial charge in [0.05, 0.1) is 18.0 Å². The molecule has 1 atom stereocenters. The molecule has 4 aromatic rings. The maximum atomic E-state index is 13.9. The van der Waals surface area contributed by atoms with Gasteiger partial charge < -0.3 is 15.2 Å². The van der Waals surface area contributed by atoms with Gasteiger partial charge in [-0.2, -0.15) is 0 Å². The molecule has 0 radical (unpaired) electrons. The zero-order valence-electron chi connectivity index (χ0n) is 20.4. The number of hydrazine groups is 1. The SMILES string of the molecule is CC(C)C1CNc2nc(nc3ccccc23)CN2CCN(C(=O)c3cc4ccccc4[nH]3)CN2C1=O. The lowest BCUT2D eigenvalue weighted by Crippen LogP contribution is -2.61. The molecule has 2 aromatic carbocycles. The Kier molecular flexibility index (Phi) is 5.56. The van der Waals surface area contributed by atoms with Crippen LogP contribution >= 0.6 is 0 Å². The zero-order chi connectivity index (χ0) is 24.8. The van der Waals surface area contributed by atoms with E-state index in [1.165, 1.54) is 0 Å². The summed E-state index contributed by atoms with van der Waals surface area (Å²) in [5.41, 5.74) is 2.32. The molecule has 0 spiro atoms.